The fourth-order valence-corrected chi connectivity index (χ4v) is 3.19. The molecule has 0 aromatic heterocycles. The maximum absolute atomic E-state index is 12.1. The smallest absolute Gasteiger partial charge is 0.234 e. The highest BCUT2D eigenvalue weighted by Crippen LogP contribution is 2.28. The lowest BCUT2D eigenvalue weighted by molar-refractivity contribution is -0.123. The number of rotatable bonds is 8. The predicted octanol–water partition coefficient (Wildman–Crippen LogP) is 1.76. The van der Waals surface area contributed by atoms with Gasteiger partial charge in [-0.15, -0.1) is 0 Å². The van der Waals surface area contributed by atoms with E-state index in [-0.39, 0.29) is 5.91 Å². The minimum Gasteiger partial charge on any atom is -0.353 e. The van der Waals surface area contributed by atoms with Crippen molar-refractivity contribution < 1.29 is 4.79 Å². The largest absolute Gasteiger partial charge is 0.353 e. The summed E-state index contributed by atoms with van der Waals surface area (Å²) >= 11 is 0. The number of nitrogens with one attached hydrogen (secondary N) is 2. The van der Waals surface area contributed by atoms with Gasteiger partial charge in [-0.2, -0.15) is 0 Å². The number of amides is 1. The molecule has 1 amide bonds. The summed E-state index contributed by atoms with van der Waals surface area (Å²) in [6.07, 6.45) is 7.28. The number of hydrogen-bond acceptors (Lipinski definition) is 3. The van der Waals surface area contributed by atoms with Gasteiger partial charge in [0.25, 0.3) is 0 Å². The lowest BCUT2D eigenvalue weighted by atomic mass is 9.97. The topological polar surface area (TPSA) is 44.4 Å². The van der Waals surface area contributed by atoms with Crippen LogP contribution in [0.15, 0.2) is 0 Å². The van der Waals surface area contributed by atoms with Crippen LogP contribution >= 0.6 is 0 Å². The summed E-state index contributed by atoms with van der Waals surface area (Å²) in [6.45, 7) is 8.27. The normalized spacial score (nSPS) is 21.9. The minimum absolute atomic E-state index is 0.215. The van der Waals surface area contributed by atoms with Crippen LogP contribution in [-0.2, 0) is 4.79 Å². The summed E-state index contributed by atoms with van der Waals surface area (Å²) in [4.78, 5) is 14.6. The highest BCUT2D eigenvalue weighted by Gasteiger charge is 2.32. The Kier molecular flexibility index (Phi) is 6.30. The van der Waals surface area contributed by atoms with E-state index < -0.39 is 0 Å². The third kappa shape index (κ3) is 5.41. The van der Waals surface area contributed by atoms with Crippen molar-refractivity contribution in [3.05, 3.63) is 0 Å². The molecule has 116 valence electrons. The van der Waals surface area contributed by atoms with Gasteiger partial charge >= 0.3 is 0 Å². The van der Waals surface area contributed by atoms with Gasteiger partial charge in [-0.05, 0) is 58.0 Å². The van der Waals surface area contributed by atoms with Gasteiger partial charge in [0.2, 0.25) is 5.91 Å². The van der Waals surface area contributed by atoms with Crippen molar-refractivity contribution in [2.45, 2.75) is 64.5 Å². The van der Waals surface area contributed by atoms with Crippen LogP contribution in [0.2, 0.25) is 0 Å². The van der Waals surface area contributed by atoms with Gasteiger partial charge in [0.1, 0.15) is 0 Å². The summed E-state index contributed by atoms with van der Waals surface area (Å²) in [5, 5.41) is 6.55. The van der Waals surface area contributed by atoms with Crippen LogP contribution in [0.5, 0.6) is 0 Å². The highest BCUT2D eigenvalue weighted by molar-refractivity contribution is 5.78. The number of nitrogens with zero attached hydrogens (tertiary/aromatic N) is 1. The van der Waals surface area contributed by atoms with E-state index in [2.05, 4.69) is 29.4 Å². The third-order valence-electron chi connectivity index (χ3n) is 4.49. The van der Waals surface area contributed by atoms with Crippen molar-refractivity contribution in [2.75, 3.05) is 26.2 Å². The molecule has 0 spiro atoms. The molecule has 1 aliphatic heterocycles. The second kappa shape index (κ2) is 7.99. The van der Waals surface area contributed by atoms with Crippen LogP contribution in [0, 0.1) is 5.92 Å². The van der Waals surface area contributed by atoms with Crippen LogP contribution in [0.1, 0.15) is 52.4 Å². The summed E-state index contributed by atoms with van der Waals surface area (Å²) in [7, 11) is 0. The number of carbonyl (C=O) groups excluding carboxylic acids is 1. The monoisotopic (exact) mass is 281 g/mol. The van der Waals surface area contributed by atoms with E-state index >= 15 is 0 Å². The molecule has 1 saturated heterocycles. The molecular weight excluding hydrogens is 250 g/mol. The average molecular weight is 281 g/mol. The molecule has 2 N–H and O–H groups in total. The molecule has 1 atom stereocenters. The molecule has 0 bridgehead atoms. The van der Waals surface area contributed by atoms with E-state index in [1.165, 1.54) is 25.7 Å². The molecule has 2 fully saturated rings. The summed E-state index contributed by atoms with van der Waals surface area (Å²) in [6, 6.07) is 0.990. The van der Waals surface area contributed by atoms with Gasteiger partial charge in [-0.3, -0.25) is 9.69 Å². The van der Waals surface area contributed by atoms with Gasteiger partial charge in [-0.25, -0.2) is 0 Å². The summed E-state index contributed by atoms with van der Waals surface area (Å²) < 4.78 is 0. The Morgan fingerprint density at radius 1 is 1.30 bits per heavy atom. The fourth-order valence-electron chi connectivity index (χ4n) is 3.19. The Hall–Kier alpha value is -0.610. The van der Waals surface area contributed by atoms with Gasteiger partial charge in [0.05, 0.1) is 6.54 Å². The maximum Gasteiger partial charge on any atom is 0.234 e. The molecule has 4 nitrogen and oxygen atoms in total. The Morgan fingerprint density at radius 3 is 2.60 bits per heavy atom. The number of piperidine rings is 1. The zero-order valence-corrected chi connectivity index (χ0v) is 13.2. The Labute approximate surface area is 123 Å². The Morgan fingerprint density at radius 2 is 2.00 bits per heavy atom. The second-order valence-corrected chi connectivity index (χ2v) is 6.61. The summed E-state index contributed by atoms with van der Waals surface area (Å²) in [5.41, 5.74) is 0. The molecular formula is C16H31N3O. The van der Waals surface area contributed by atoms with Gasteiger partial charge in [-0.1, -0.05) is 13.3 Å². The van der Waals surface area contributed by atoms with Crippen molar-refractivity contribution in [1.82, 2.24) is 15.5 Å². The molecule has 2 aliphatic rings. The van der Waals surface area contributed by atoms with E-state index in [0.717, 1.165) is 38.4 Å². The predicted molar refractivity (Wildman–Crippen MR) is 82.7 cm³/mol. The lowest BCUT2D eigenvalue weighted by Gasteiger charge is -2.30. The summed E-state index contributed by atoms with van der Waals surface area (Å²) in [5.74, 6) is 0.990. The highest BCUT2D eigenvalue weighted by atomic mass is 16.2. The molecule has 1 heterocycles. The average Bonchev–Trinajstić information content (AvgIpc) is 3.23. The van der Waals surface area contributed by atoms with E-state index in [1.54, 1.807) is 0 Å². The fraction of sp³-hybridized carbons (Fsp3) is 0.938. The first kappa shape index (κ1) is 15.8. The standard InChI is InChI=1S/C16H31N3O/c1-3-4-13(2)18-16(20)12-19(15-5-6-15)11-14-7-9-17-10-8-14/h13-15,17H,3-12H2,1-2H3,(H,18,20). The van der Waals surface area contributed by atoms with E-state index in [4.69, 9.17) is 0 Å². The molecule has 0 aromatic rings. The van der Waals surface area contributed by atoms with Crippen molar-refractivity contribution in [2.24, 2.45) is 5.92 Å². The zero-order valence-electron chi connectivity index (χ0n) is 13.2. The Bertz CT molecular complexity index is 298. The van der Waals surface area contributed by atoms with Crippen LogP contribution in [0.4, 0.5) is 0 Å². The van der Waals surface area contributed by atoms with Gasteiger partial charge in [0.15, 0.2) is 0 Å². The molecule has 1 aliphatic carbocycles. The van der Waals surface area contributed by atoms with Gasteiger partial charge < -0.3 is 10.6 Å². The van der Waals surface area contributed by atoms with Crippen LogP contribution < -0.4 is 10.6 Å². The first-order valence-corrected chi connectivity index (χ1v) is 8.43. The van der Waals surface area contributed by atoms with Crippen LogP contribution in [0.25, 0.3) is 0 Å². The van der Waals surface area contributed by atoms with Gasteiger partial charge in [0, 0.05) is 18.6 Å². The quantitative estimate of drug-likeness (QED) is 0.712. The minimum atomic E-state index is 0.215. The Balaban J connectivity index is 1.75. The van der Waals surface area contributed by atoms with E-state index in [9.17, 15) is 4.79 Å². The molecule has 1 saturated carbocycles. The van der Waals surface area contributed by atoms with Crippen molar-refractivity contribution in [3.8, 4) is 0 Å². The number of carbonyl (C=O) groups is 1. The first-order valence-electron chi connectivity index (χ1n) is 8.43. The second-order valence-electron chi connectivity index (χ2n) is 6.61. The molecule has 0 radical (unpaired) electrons. The van der Waals surface area contributed by atoms with Crippen molar-refractivity contribution >= 4 is 5.91 Å². The maximum atomic E-state index is 12.1. The lowest BCUT2D eigenvalue weighted by Crippen LogP contribution is -2.44. The molecule has 1 unspecified atom stereocenters. The zero-order chi connectivity index (χ0) is 14.4. The van der Waals surface area contributed by atoms with Crippen molar-refractivity contribution in [3.63, 3.8) is 0 Å². The molecule has 0 aromatic carbocycles. The third-order valence-corrected chi connectivity index (χ3v) is 4.49. The van der Waals surface area contributed by atoms with E-state index in [0.29, 0.717) is 18.6 Å². The molecule has 20 heavy (non-hydrogen) atoms. The molecule has 2 rings (SSSR count). The van der Waals surface area contributed by atoms with Crippen LogP contribution in [0.3, 0.4) is 0 Å². The van der Waals surface area contributed by atoms with Crippen LogP contribution in [-0.4, -0.2) is 49.1 Å². The number of hydrogen-bond donors (Lipinski definition) is 2. The SMILES string of the molecule is CCCC(C)NC(=O)CN(CC1CCNCC1)C1CC1. The van der Waals surface area contributed by atoms with E-state index in [1.807, 2.05) is 0 Å². The molecule has 4 heteroatoms. The first-order chi connectivity index (χ1) is 9.69. The van der Waals surface area contributed by atoms with Crippen molar-refractivity contribution in [1.29, 1.82) is 0 Å².